The third-order valence-corrected chi connectivity index (χ3v) is 8.91. The molecule has 0 aromatic rings. The molecule has 1 aliphatic heterocycles. The van der Waals surface area contributed by atoms with Crippen molar-refractivity contribution >= 4 is 59.1 Å². The van der Waals surface area contributed by atoms with Crippen LogP contribution in [0, 0.1) is 11.8 Å². The fraction of sp³-hybridized carbons (Fsp3) is 0.793. The van der Waals surface area contributed by atoms with Gasteiger partial charge in [0.25, 0.3) is 0 Å². The Kier molecular flexibility index (Phi) is 14.4. The molecule has 14 nitrogen and oxygen atoms in total. The summed E-state index contributed by atoms with van der Waals surface area (Å²) in [4.78, 5) is 70.8. The van der Waals surface area contributed by atoms with Crippen LogP contribution in [0.2, 0.25) is 0 Å². The predicted molar refractivity (Wildman–Crippen MR) is 165 cm³/mol. The Morgan fingerprint density at radius 3 is 2.16 bits per heavy atom. The maximum absolute atomic E-state index is 13.1. The number of aliphatic hydroxyl groups is 1. The van der Waals surface area contributed by atoms with Gasteiger partial charge in [-0.05, 0) is 52.9 Å². The number of rotatable bonds is 11. The number of nitrogens with one attached hydrogen (secondary N) is 2. The second kappa shape index (κ2) is 17.7. The molecule has 0 radical (unpaired) electrons. The van der Waals surface area contributed by atoms with E-state index >= 15 is 0 Å². The zero-order valence-corrected chi connectivity index (χ0v) is 27.6. The molecule has 2 saturated carbocycles. The van der Waals surface area contributed by atoms with Gasteiger partial charge in [-0.1, -0.05) is 6.42 Å². The molecule has 3 fully saturated rings. The zero-order chi connectivity index (χ0) is 33.1. The topological polar surface area (TPSA) is 176 Å². The number of aliphatic imine (C=N–C) groups is 1. The Balaban J connectivity index is 1.63. The van der Waals surface area contributed by atoms with Crippen molar-refractivity contribution in [3.8, 4) is 0 Å². The number of hydrogen-bond acceptors (Lipinski definition) is 10. The monoisotopic (exact) mass is 677 g/mol. The zero-order valence-electron chi connectivity index (χ0n) is 26.0. The van der Waals surface area contributed by atoms with Crippen LogP contribution in [0.3, 0.4) is 0 Å². The van der Waals surface area contributed by atoms with Crippen LogP contribution in [0.5, 0.6) is 0 Å². The highest BCUT2D eigenvalue weighted by Gasteiger charge is 2.41. The number of ether oxygens (including phenoxy) is 3. The molecule has 16 heteroatoms. The van der Waals surface area contributed by atoms with E-state index in [0.29, 0.717) is 38.5 Å². The predicted octanol–water partition coefficient (Wildman–Crippen LogP) is 2.37. The van der Waals surface area contributed by atoms with Crippen molar-refractivity contribution in [2.45, 2.75) is 94.7 Å². The van der Waals surface area contributed by atoms with Gasteiger partial charge in [0.1, 0.15) is 0 Å². The highest BCUT2D eigenvalue weighted by molar-refractivity contribution is 6.24. The quantitative estimate of drug-likeness (QED) is 0.168. The van der Waals surface area contributed by atoms with Gasteiger partial charge in [0.15, 0.2) is 0 Å². The molecule has 0 bridgehead atoms. The number of nitrogens with zero attached hydrogens (tertiary/aromatic N) is 3. The summed E-state index contributed by atoms with van der Waals surface area (Å²) < 4.78 is 15.3. The molecule has 7 unspecified atom stereocenters. The smallest absolute Gasteiger partial charge is 0.416 e. The first kappa shape index (κ1) is 36.6. The SMILES string of the molecule is CCOC(=O)CC(NC(=O)CNC(=O)C1CCCC(N=C2N(C(=O)OCC)CCN2C(=O)OCC)C1)C1CC(Cl)CC(Cl)C1O. The van der Waals surface area contributed by atoms with E-state index in [-0.39, 0.29) is 69.2 Å². The third-order valence-electron chi connectivity index (χ3n) is 8.12. The third kappa shape index (κ3) is 10.3. The van der Waals surface area contributed by atoms with Crippen LogP contribution >= 0.6 is 23.2 Å². The number of esters is 1. The Morgan fingerprint density at radius 1 is 0.933 bits per heavy atom. The molecule has 7 atom stereocenters. The van der Waals surface area contributed by atoms with Crippen LogP contribution in [0.4, 0.5) is 9.59 Å². The first-order chi connectivity index (χ1) is 21.5. The molecule has 4 amide bonds. The molecule has 254 valence electrons. The van der Waals surface area contributed by atoms with Crippen molar-refractivity contribution in [2.75, 3.05) is 39.5 Å². The summed E-state index contributed by atoms with van der Waals surface area (Å²) in [6, 6.07) is -1.16. The van der Waals surface area contributed by atoms with Crippen LogP contribution in [0.25, 0.3) is 0 Å². The Labute approximate surface area is 273 Å². The number of amides is 4. The Hall–Kier alpha value is -2.84. The summed E-state index contributed by atoms with van der Waals surface area (Å²) in [5.41, 5.74) is 0. The van der Waals surface area contributed by atoms with E-state index in [0.717, 1.165) is 0 Å². The van der Waals surface area contributed by atoms with Crippen molar-refractivity contribution in [1.29, 1.82) is 0 Å². The Morgan fingerprint density at radius 2 is 1.56 bits per heavy atom. The maximum Gasteiger partial charge on any atom is 0.416 e. The maximum atomic E-state index is 13.1. The molecule has 3 aliphatic rings. The minimum atomic E-state index is -0.990. The molecule has 2 aliphatic carbocycles. The van der Waals surface area contributed by atoms with Gasteiger partial charge in [0, 0.05) is 23.3 Å². The van der Waals surface area contributed by atoms with Gasteiger partial charge < -0.3 is 30.0 Å². The first-order valence-electron chi connectivity index (χ1n) is 15.6. The van der Waals surface area contributed by atoms with E-state index in [1.165, 1.54) is 9.80 Å². The molecule has 0 aromatic heterocycles. The van der Waals surface area contributed by atoms with E-state index in [1.54, 1.807) is 20.8 Å². The van der Waals surface area contributed by atoms with Crippen molar-refractivity contribution in [2.24, 2.45) is 16.8 Å². The van der Waals surface area contributed by atoms with Gasteiger partial charge in [0.2, 0.25) is 17.8 Å². The van der Waals surface area contributed by atoms with Gasteiger partial charge in [-0.3, -0.25) is 14.4 Å². The van der Waals surface area contributed by atoms with Crippen molar-refractivity contribution in [3.63, 3.8) is 0 Å². The van der Waals surface area contributed by atoms with Crippen LogP contribution in [0.15, 0.2) is 4.99 Å². The highest BCUT2D eigenvalue weighted by atomic mass is 35.5. The fourth-order valence-electron chi connectivity index (χ4n) is 5.98. The minimum absolute atomic E-state index is 0.133. The van der Waals surface area contributed by atoms with E-state index in [2.05, 4.69) is 10.6 Å². The largest absolute Gasteiger partial charge is 0.466 e. The number of aliphatic hydroxyl groups excluding tert-OH is 1. The van der Waals surface area contributed by atoms with Gasteiger partial charge in [-0.25, -0.2) is 24.4 Å². The normalized spacial score (nSPS) is 27.3. The molecule has 3 rings (SSSR count). The lowest BCUT2D eigenvalue weighted by molar-refractivity contribution is -0.144. The molecule has 1 saturated heterocycles. The average molecular weight is 679 g/mol. The van der Waals surface area contributed by atoms with Crippen molar-refractivity contribution < 1.29 is 43.3 Å². The molecule has 45 heavy (non-hydrogen) atoms. The number of carbonyl (C=O) groups is 5. The average Bonchev–Trinajstić information content (AvgIpc) is 3.41. The van der Waals surface area contributed by atoms with Crippen LogP contribution in [0.1, 0.15) is 65.7 Å². The second-order valence-corrected chi connectivity index (χ2v) is 12.5. The number of hydrogen-bond donors (Lipinski definition) is 3. The lowest BCUT2D eigenvalue weighted by Gasteiger charge is -2.38. The summed E-state index contributed by atoms with van der Waals surface area (Å²) in [5.74, 6) is -2.33. The molecular formula is C29H45Cl2N5O9. The standard InChI is InChI=1S/C29H45Cl2N5O9/c1-4-43-24(38)15-22(20-13-18(30)14-21(31)25(20)39)34-23(37)16-32-26(40)17-8-7-9-19(12-17)33-27-35(28(41)44-5-2)10-11-36(27)29(42)45-6-3/h17-22,25,39H,4-16H2,1-3H3,(H,32,40)(H,34,37). The summed E-state index contributed by atoms with van der Waals surface area (Å²) in [5, 5.41) is 15.2. The van der Waals surface area contributed by atoms with Gasteiger partial charge in [-0.2, -0.15) is 0 Å². The first-order valence-corrected chi connectivity index (χ1v) is 16.5. The number of halogens is 2. The van der Waals surface area contributed by atoms with Gasteiger partial charge >= 0.3 is 18.2 Å². The molecule has 0 spiro atoms. The van der Waals surface area contributed by atoms with Crippen LogP contribution in [-0.2, 0) is 28.6 Å². The molecule has 0 aromatic carbocycles. The molecule has 1 heterocycles. The fourth-order valence-corrected chi connectivity index (χ4v) is 6.87. The summed E-state index contributed by atoms with van der Waals surface area (Å²) in [6.45, 7) is 5.57. The summed E-state index contributed by atoms with van der Waals surface area (Å²) in [7, 11) is 0. The van der Waals surface area contributed by atoms with E-state index in [1.807, 2.05) is 0 Å². The summed E-state index contributed by atoms with van der Waals surface area (Å²) in [6.07, 6.45) is 0.560. The minimum Gasteiger partial charge on any atom is -0.466 e. The number of alkyl halides is 2. The van der Waals surface area contributed by atoms with Crippen LogP contribution in [-0.4, -0.2) is 119 Å². The lowest BCUT2D eigenvalue weighted by Crippen LogP contribution is -2.53. The van der Waals surface area contributed by atoms with Crippen molar-refractivity contribution in [1.82, 2.24) is 20.4 Å². The van der Waals surface area contributed by atoms with Crippen LogP contribution < -0.4 is 10.6 Å². The van der Waals surface area contributed by atoms with Gasteiger partial charge in [0.05, 0.1) is 63.4 Å². The van der Waals surface area contributed by atoms with Gasteiger partial charge in [-0.15, -0.1) is 23.2 Å². The summed E-state index contributed by atoms with van der Waals surface area (Å²) >= 11 is 12.6. The lowest BCUT2D eigenvalue weighted by atomic mass is 9.79. The Bertz CT molecular complexity index is 1070. The van der Waals surface area contributed by atoms with E-state index in [9.17, 15) is 29.1 Å². The van der Waals surface area contributed by atoms with Crippen molar-refractivity contribution in [3.05, 3.63) is 0 Å². The molecular weight excluding hydrogens is 633 g/mol. The second-order valence-electron chi connectivity index (χ2n) is 11.3. The van der Waals surface area contributed by atoms with E-state index < -0.39 is 53.4 Å². The van der Waals surface area contributed by atoms with E-state index in [4.69, 9.17) is 42.4 Å². The number of guanidine groups is 1. The number of carbonyl (C=O) groups excluding carboxylic acids is 5. The molecule has 3 N–H and O–H groups in total. The highest BCUT2D eigenvalue weighted by Crippen LogP contribution is 2.35.